The van der Waals surface area contributed by atoms with E-state index in [-0.39, 0.29) is 17.4 Å². The van der Waals surface area contributed by atoms with Crippen molar-refractivity contribution < 1.29 is 18.7 Å². The Kier molecular flexibility index (Phi) is 5.36. The highest BCUT2D eigenvalue weighted by molar-refractivity contribution is 5.95. The molecule has 1 saturated heterocycles. The quantitative estimate of drug-likeness (QED) is 0.827. The van der Waals surface area contributed by atoms with Crippen LogP contribution >= 0.6 is 0 Å². The molecule has 134 valence electrons. The average molecular weight is 346 g/mol. The number of hydrogen-bond acceptors (Lipinski definition) is 3. The molecule has 5 nitrogen and oxygen atoms in total. The van der Waals surface area contributed by atoms with Gasteiger partial charge in [0, 0.05) is 26.2 Å². The van der Waals surface area contributed by atoms with E-state index in [4.69, 9.17) is 4.74 Å². The molecular formula is C19H23FN2O3. The van der Waals surface area contributed by atoms with Crippen LogP contribution in [0.4, 0.5) is 4.39 Å². The van der Waals surface area contributed by atoms with Gasteiger partial charge in [0.2, 0.25) is 0 Å². The van der Waals surface area contributed by atoms with Gasteiger partial charge in [-0.3, -0.25) is 9.59 Å². The number of amides is 2. The minimum atomic E-state index is -0.509. The van der Waals surface area contributed by atoms with E-state index in [1.165, 1.54) is 12.1 Å². The molecule has 3 rings (SSSR count). The van der Waals surface area contributed by atoms with Crippen molar-refractivity contribution in [2.24, 2.45) is 0 Å². The van der Waals surface area contributed by atoms with Gasteiger partial charge in [-0.25, -0.2) is 4.39 Å². The summed E-state index contributed by atoms with van der Waals surface area (Å²) in [5.41, 5.74) is 0.821. The summed E-state index contributed by atoms with van der Waals surface area (Å²) in [6, 6.07) is 6.01. The van der Waals surface area contributed by atoms with Gasteiger partial charge >= 0.3 is 0 Å². The molecule has 0 bridgehead atoms. The van der Waals surface area contributed by atoms with Crippen LogP contribution in [0.15, 0.2) is 35.6 Å². The Hall–Kier alpha value is -2.37. The van der Waals surface area contributed by atoms with Gasteiger partial charge in [0.15, 0.2) is 0 Å². The summed E-state index contributed by atoms with van der Waals surface area (Å²) in [6.07, 6.45) is 2.27. The van der Waals surface area contributed by atoms with E-state index >= 15 is 0 Å². The van der Waals surface area contributed by atoms with E-state index in [2.05, 4.69) is 0 Å². The minimum Gasteiger partial charge on any atom is -0.498 e. The Morgan fingerprint density at radius 1 is 1.00 bits per heavy atom. The van der Waals surface area contributed by atoms with Crippen molar-refractivity contribution in [2.75, 3.05) is 32.8 Å². The summed E-state index contributed by atoms with van der Waals surface area (Å²) in [4.78, 5) is 28.7. The molecule has 0 saturated carbocycles. The van der Waals surface area contributed by atoms with Gasteiger partial charge < -0.3 is 14.5 Å². The van der Waals surface area contributed by atoms with Crippen LogP contribution in [0.5, 0.6) is 0 Å². The second kappa shape index (κ2) is 7.68. The molecule has 0 atom stereocenters. The highest BCUT2D eigenvalue weighted by Gasteiger charge is 2.27. The second-order valence-electron chi connectivity index (χ2n) is 6.40. The molecule has 2 heterocycles. The van der Waals surface area contributed by atoms with Gasteiger partial charge in [0.1, 0.15) is 11.6 Å². The SMILES string of the molecule is CC1=C(C(=O)N2CCCN(C(=O)c3ccccc3F)CC2)CCCO1. The standard InChI is InChI=1S/C19H23FN2O3/c1-14-15(7-4-13-25-14)18(23)21-9-5-10-22(12-11-21)19(24)16-6-2-3-8-17(16)20/h2-3,6,8H,4-5,7,9-13H2,1H3. The van der Waals surface area contributed by atoms with Crippen LogP contribution in [0, 0.1) is 5.82 Å². The molecule has 25 heavy (non-hydrogen) atoms. The van der Waals surface area contributed by atoms with Gasteiger partial charge in [-0.15, -0.1) is 0 Å². The zero-order valence-corrected chi connectivity index (χ0v) is 14.5. The van der Waals surface area contributed by atoms with E-state index in [0.29, 0.717) is 45.0 Å². The van der Waals surface area contributed by atoms with Crippen molar-refractivity contribution in [1.29, 1.82) is 0 Å². The number of allylic oxidation sites excluding steroid dienone is 1. The predicted molar refractivity (Wildman–Crippen MR) is 91.4 cm³/mol. The molecule has 0 aromatic heterocycles. The molecule has 1 aromatic rings. The molecule has 0 spiro atoms. The van der Waals surface area contributed by atoms with Crippen molar-refractivity contribution in [3.05, 3.63) is 47.0 Å². The van der Waals surface area contributed by atoms with Crippen LogP contribution in [0.1, 0.15) is 36.5 Å². The lowest BCUT2D eigenvalue weighted by molar-refractivity contribution is -0.127. The lowest BCUT2D eigenvalue weighted by Crippen LogP contribution is -2.38. The molecule has 2 aliphatic heterocycles. The molecule has 0 aliphatic carbocycles. The number of carbonyl (C=O) groups excluding carboxylic acids is 2. The van der Waals surface area contributed by atoms with E-state index < -0.39 is 5.82 Å². The molecule has 0 radical (unpaired) electrons. The lowest BCUT2D eigenvalue weighted by Gasteiger charge is -2.26. The smallest absolute Gasteiger partial charge is 0.256 e. The van der Waals surface area contributed by atoms with Crippen molar-refractivity contribution in [3.8, 4) is 0 Å². The number of ether oxygens (including phenoxy) is 1. The second-order valence-corrected chi connectivity index (χ2v) is 6.40. The van der Waals surface area contributed by atoms with Gasteiger partial charge in [-0.1, -0.05) is 12.1 Å². The summed E-state index contributed by atoms with van der Waals surface area (Å²) in [6.45, 7) is 4.47. The van der Waals surface area contributed by atoms with Gasteiger partial charge in [0.25, 0.3) is 11.8 Å². The fourth-order valence-electron chi connectivity index (χ4n) is 3.31. The van der Waals surface area contributed by atoms with Gasteiger partial charge in [-0.2, -0.15) is 0 Å². The van der Waals surface area contributed by atoms with Crippen molar-refractivity contribution in [2.45, 2.75) is 26.2 Å². The third-order valence-corrected chi connectivity index (χ3v) is 4.75. The minimum absolute atomic E-state index is 0.00242. The highest BCUT2D eigenvalue weighted by atomic mass is 19.1. The van der Waals surface area contributed by atoms with E-state index in [1.54, 1.807) is 21.9 Å². The summed E-state index contributed by atoms with van der Waals surface area (Å²) in [5.74, 6) is -0.120. The van der Waals surface area contributed by atoms with Crippen LogP contribution in [0.3, 0.4) is 0 Å². The maximum absolute atomic E-state index is 13.9. The molecule has 0 N–H and O–H groups in total. The highest BCUT2D eigenvalue weighted by Crippen LogP contribution is 2.22. The molecule has 6 heteroatoms. The molecule has 1 fully saturated rings. The zero-order chi connectivity index (χ0) is 17.8. The molecule has 0 unspecified atom stereocenters. The van der Waals surface area contributed by atoms with Crippen LogP contribution in [0.2, 0.25) is 0 Å². The third-order valence-electron chi connectivity index (χ3n) is 4.75. The van der Waals surface area contributed by atoms with Crippen LogP contribution in [0.25, 0.3) is 0 Å². The Morgan fingerprint density at radius 3 is 2.36 bits per heavy atom. The van der Waals surface area contributed by atoms with Crippen molar-refractivity contribution in [1.82, 2.24) is 9.80 Å². The maximum atomic E-state index is 13.9. The Bertz CT molecular complexity index is 702. The first-order chi connectivity index (χ1) is 12.1. The van der Waals surface area contributed by atoms with Crippen LogP contribution in [-0.4, -0.2) is 54.4 Å². The first-order valence-electron chi connectivity index (χ1n) is 8.73. The Labute approximate surface area is 147 Å². The summed E-state index contributed by atoms with van der Waals surface area (Å²) >= 11 is 0. The Balaban J connectivity index is 1.67. The van der Waals surface area contributed by atoms with Gasteiger partial charge in [-0.05, 0) is 38.3 Å². The summed E-state index contributed by atoms with van der Waals surface area (Å²) in [5, 5.41) is 0. The van der Waals surface area contributed by atoms with Gasteiger partial charge in [0.05, 0.1) is 17.7 Å². The van der Waals surface area contributed by atoms with Crippen LogP contribution in [-0.2, 0) is 9.53 Å². The average Bonchev–Trinajstić information content (AvgIpc) is 2.87. The topological polar surface area (TPSA) is 49.9 Å². The largest absolute Gasteiger partial charge is 0.498 e. The first kappa shape index (κ1) is 17.5. The lowest BCUT2D eigenvalue weighted by atomic mass is 10.1. The predicted octanol–water partition coefficient (Wildman–Crippen LogP) is 2.58. The summed E-state index contributed by atoms with van der Waals surface area (Å²) in [7, 11) is 0. The molecule has 1 aromatic carbocycles. The van der Waals surface area contributed by atoms with E-state index in [9.17, 15) is 14.0 Å². The van der Waals surface area contributed by atoms with Crippen molar-refractivity contribution in [3.63, 3.8) is 0 Å². The fourth-order valence-corrected chi connectivity index (χ4v) is 3.31. The molecule has 2 aliphatic rings. The number of rotatable bonds is 2. The number of benzene rings is 1. The number of hydrogen-bond donors (Lipinski definition) is 0. The zero-order valence-electron chi connectivity index (χ0n) is 14.5. The summed E-state index contributed by atoms with van der Waals surface area (Å²) < 4.78 is 19.3. The fraction of sp³-hybridized carbons (Fsp3) is 0.474. The molecule has 2 amide bonds. The normalized spacial score (nSPS) is 18.6. The molecular weight excluding hydrogens is 323 g/mol. The maximum Gasteiger partial charge on any atom is 0.256 e. The van der Waals surface area contributed by atoms with E-state index in [1.807, 2.05) is 6.92 Å². The van der Waals surface area contributed by atoms with Crippen molar-refractivity contribution >= 4 is 11.8 Å². The first-order valence-corrected chi connectivity index (χ1v) is 8.73. The number of nitrogens with zero attached hydrogens (tertiary/aromatic N) is 2. The Morgan fingerprint density at radius 2 is 1.68 bits per heavy atom. The number of carbonyl (C=O) groups is 2. The monoisotopic (exact) mass is 346 g/mol. The number of halogens is 1. The van der Waals surface area contributed by atoms with E-state index in [0.717, 1.165) is 18.4 Å². The van der Waals surface area contributed by atoms with Crippen LogP contribution < -0.4 is 0 Å². The third kappa shape index (κ3) is 3.83.